The van der Waals surface area contributed by atoms with Gasteiger partial charge in [-0.1, -0.05) is 24.1 Å². The zero-order valence-corrected chi connectivity index (χ0v) is 9.64. The quantitative estimate of drug-likeness (QED) is 0.813. The van der Waals surface area contributed by atoms with Crippen molar-refractivity contribution in [1.82, 2.24) is 0 Å². The van der Waals surface area contributed by atoms with Crippen molar-refractivity contribution in [2.75, 3.05) is 6.54 Å². The molecule has 2 nitrogen and oxygen atoms in total. The van der Waals surface area contributed by atoms with Gasteiger partial charge in [-0.05, 0) is 31.4 Å². The molecule has 15 heavy (non-hydrogen) atoms. The van der Waals surface area contributed by atoms with Crippen molar-refractivity contribution in [2.45, 2.75) is 31.6 Å². The van der Waals surface area contributed by atoms with Crippen LogP contribution in [0.1, 0.15) is 30.4 Å². The Kier molecular flexibility index (Phi) is 2.65. The van der Waals surface area contributed by atoms with Crippen LogP contribution in [-0.4, -0.2) is 11.7 Å². The topological polar surface area (TPSA) is 46.2 Å². The standard InChI is InChI=1S/C12H16ClNO/c1-8-3-4-9(13)11(15)10(8)12(7-14)5-2-6-12/h3-4,15H,2,5-7,14H2,1H3. The van der Waals surface area contributed by atoms with Crippen LogP contribution in [0.25, 0.3) is 0 Å². The Bertz CT molecular complexity index is 380. The molecule has 1 aliphatic rings. The van der Waals surface area contributed by atoms with E-state index in [0.717, 1.165) is 24.0 Å². The molecule has 3 heteroatoms. The molecule has 3 N–H and O–H groups in total. The maximum atomic E-state index is 10.0. The molecule has 1 aromatic rings. The number of nitrogens with two attached hydrogens (primary N) is 1. The van der Waals surface area contributed by atoms with E-state index in [2.05, 4.69) is 0 Å². The molecule has 0 aliphatic heterocycles. The second-order valence-electron chi connectivity index (χ2n) is 4.43. The second kappa shape index (κ2) is 3.69. The predicted octanol–water partition coefficient (Wildman–Crippen LogP) is 2.73. The molecule has 0 amide bonds. The zero-order valence-electron chi connectivity index (χ0n) is 8.89. The lowest BCUT2D eigenvalue weighted by molar-refractivity contribution is 0.244. The molecule has 2 rings (SSSR count). The predicted molar refractivity (Wildman–Crippen MR) is 62.4 cm³/mol. The number of phenolic OH excluding ortho intramolecular Hbond substituents is 1. The van der Waals surface area contributed by atoms with Crippen molar-refractivity contribution >= 4 is 11.6 Å². The van der Waals surface area contributed by atoms with Gasteiger partial charge in [0.05, 0.1) is 5.02 Å². The first-order valence-electron chi connectivity index (χ1n) is 5.29. The van der Waals surface area contributed by atoms with Gasteiger partial charge >= 0.3 is 0 Å². The summed E-state index contributed by atoms with van der Waals surface area (Å²) < 4.78 is 0. The highest BCUT2D eigenvalue weighted by Gasteiger charge is 2.40. The summed E-state index contributed by atoms with van der Waals surface area (Å²) in [6, 6.07) is 3.69. The number of hydrogen-bond acceptors (Lipinski definition) is 2. The van der Waals surface area contributed by atoms with Crippen LogP contribution < -0.4 is 5.73 Å². The van der Waals surface area contributed by atoms with Gasteiger partial charge in [0.1, 0.15) is 5.75 Å². The van der Waals surface area contributed by atoms with Gasteiger partial charge in [-0.25, -0.2) is 0 Å². The first-order valence-corrected chi connectivity index (χ1v) is 5.67. The summed E-state index contributed by atoms with van der Waals surface area (Å²) in [5, 5.41) is 10.4. The molecule has 0 bridgehead atoms. The lowest BCUT2D eigenvalue weighted by atomic mass is 9.63. The Balaban J connectivity index is 2.55. The fourth-order valence-electron chi connectivity index (χ4n) is 2.50. The van der Waals surface area contributed by atoms with Crippen molar-refractivity contribution in [3.8, 4) is 5.75 Å². The molecule has 1 fully saturated rings. The Morgan fingerprint density at radius 1 is 1.47 bits per heavy atom. The van der Waals surface area contributed by atoms with Crippen molar-refractivity contribution in [3.05, 3.63) is 28.3 Å². The summed E-state index contributed by atoms with van der Waals surface area (Å²) in [4.78, 5) is 0. The summed E-state index contributed by atoms with van der Waals surface area (Å²) in [5.41, 5.74) is 7.85. The Morgan fingerprint density at radius 3 is 2.60 bits per heavy atom. The summed E-state index contributed by atoms with van der Waals surface area (Å²) >= 11 is 5.94. The van der Waals surface area contributed by atoms with Gasteiger partial charge in [0, 0.05) is 17.5 Å². The molecule has 0 heterocycles. The van der Waals surface area contributed by atoms with Crippen LogP contribution >= 0.6 is 11.6 Å². The minimum atomic E-state index is -0.0287. The maximum absolute atomic E-state index is 10.0. The van der Waals surface area contributed by atoms with Gasteiger partial charge in [-0.2, -0.15) is 0 Å². The third kappa shape index (κ3) is 1.52. The number of rotatable bonds is 2. The minimum Gasteiger partial charge on any atom is -0.506 e. The van der Waals surface area contributed by atoms with Crippen LogP contribution in [0.3, 0.4) is 0 Å². The Hall–Kier alpha value is -0.730. The molecule has 0 aromatic heterocycles. The van der Waals surface area contributed by atoms with Crippen LogP contribution in [0.15, 0.2) is 12.1 Å². The molecule has 1 aliphatic carbocycles. The largest absolute Gasteiger partial charge is 0.506 e. The average molecular weight is 226 g/mol. The zero-order chi connectivity index (χ0) is 11.1. The Morgan fingerprint density at radius 2 is 2.13 bits per heavy atom. The molecule has 82 valence electrons. The minimum absolute atomic E-state index is 0.0287. The first-order chi connectivity index (χ1) is 7.10. The van der Waals surface area contributed by atoms with Crippen molar-refractivity contribution in [2.24, 2.45) is 5.73 Å². The van der Waals surface area contributed by atoms with E-state index < -0.39 is 0 Å². The molecule has 0 unspecified atom stereocenters. The van der Waals surface area contributed by atoms with Crippen LogP contribution in [0.5, 0.6) is 5.75 Å². The van der Waals surface area contributed by atoms with E-state index >= 15 is 0 Å². The van der Waals surface area contributed by atoms with Crippen molar-refractivity contribution < 1.29 is 5.11 Å². The fourth-order valence-corrected chi connectivity index (χ4v) is 2.65. The molecule has 0 spiro atoms. The van der Waals surface area contributed by atoms with Crippen LogP contribution in [0.4, 0.5) is 0 Å². The molecular formula is C12H16ClNO. The third-order valence-corrected chi connectivity index (χ3v) is 3.87. The summed E-state index contributed by atoms with van der Waals surface area (Å²) in [6.45, 7) is 2.59. The Labute approximate surface area is 95.1 Å². The maximum Gasteiger partial charge on any atom is 0.138 e. The summed E-state index contributed by atoms with van der Waals surface area (Å²) in [6.07, 6.45) is 3.29. The monoisotopic (exact) mass is 225 g/mol. The number of benzene rings is 1. The van der Waals surface area contributed by atoms with Crippen LogP contribution in [0, 0.1) is 6.92 Å². The molecule has 1 saturated carbocycles. The number of hydrogen-bond donors (Lipinski definition) is 2. The van der Waals surface area contributed by atoms with E-state index in [-0.39, 0.29) is 11.2 Å². The normalized spacial score (nSPS) is 18.6. The smallest absolute Gasteiger partial charge is 0.138 e. The van der Waals surface area contributed by atoms with Gasteiger partial charge in [0.15, 0.2) is 0 Å². The first kappa shape index (κ1) is 10.8. The molecule has 1 aromatic carbocycles. The van der Waals surface area contributed by atoms with Crippen molar-refractivity contribution in [1.29, 1.82) is 0 Å². The summed E-state index contributed by atoms with van der Waals surface area (Å²) in [5.74, 6) is 0.224. The highest BCUT2D eigenvalue weighted by atomic mass is 35.5. The van der Waals surface area contributed by atoms with E-state index in [1.54, 1.807) is 6.07 Å². The highest BCUT2D eigenvalue weighted by Crippen LogP contribution is 2.49. The number of halogens is 1. The fraction of sp³-hybridized carbons (Fsp3) is 0.500. The molecular weight excluding hydrogens is 210 g/mol. The van der Waals surface area contributed by atoms with Gasteiger partial charge in [0.25, 0.3) is 0 Å². The highest BCUT2D eigenvalue weighted by molar-refractivity contribution is 6.32. The van der Waals surface area contributed by atoms with E-state index in [4.69, 9.17) is 17.3 Å². The number of phenols is 1. The van der Waals surface area contributed by atoms with Crippen LogP contribution in [-0.2, 0) is 5.41 Å². The lowest BCUT2D eigenvalue weighted by Crippen LogP contribution is -2.42. The van der Waals surface area contributed by atoms with Gasteiger partial charge in [-0.3, -0.25) is 0 Å². The molecule has 0 saturated heterocycles. The summed E-state index contributed by atoms with van der Waals surface area (Å²) in [7, 11) is 0. The van der Waals surface area contributed by atoms with Gasteiger partial charge in [0.2, 0.25) is 0 Å². The molecule has 0 radical (unpaired) electrons. The van der Waals surface area contributed by atoms with E-state index in [0.29, 0.717) is 11.6 Å². The SMILES string of the molecule is Cc1ccc(Cl)c(O)c1C1(CN)CCC1. The third-order valence-electron chi connectivity index (χ3n) is 3.57. The van der Waals surface area contributed by atoms with Gasteiger partial charge < -0.3 is 10.8 Å². The van der Waals surface area contributed by atoms with Crippen LogP contribution in [0.2, 0.25) is 5.02 Å². The number of aromatic hydroxyl groups is 1. The average Bonchev–Trinajstić information content (AvgIpc) is 2.16. The molecule has 0 atom stereocenters. The van der Waals surface area contributed by atoms with Gasteiger partial charge in [-0.15, -0.1) is 0 Å². The lowest BCUT2D eigenvalue weighted by Gasteiger charge is -2.42. The van der Waals surface area contributed by atoms with E-state index in [1.807, 2.05) is 13.0 Å². The van der Waals surface area contributed by atoms with Crippen molar-refractivity contribution in [3.63, 3.8) is 0 Å². The second-order valence-corrected chi connectivity index (χ2v) is 4.83. The van der Waals surface area contributed by atoms with E-state index in [1.165, 1.54) is 6.42 Å². The van der Waals surface area contributed by atoms with E-state index in [9.17, 15) is 5.11 Å². The number of aryl methyl sites for hydroxylation is 1.